The summed E-state index contributed by atoms with van der Waals surface area (Å²) in [5, 5.41) is 14.8. The van der Waals surface area contributed by atoms with Gasteiger partial charge in [-0.1, -0.05) is 46.9 Å². The summed E-state index contributed by atoms with van der Waals surface area (Å²) in [6, 6.07) is 12.7. The first-order chi connectivity index (χ1) is 14.4. The van der Waals surface area contributed by atoms with E-state index in [2.05, 4.69) is 20.6 Å². The van der Waals surface area contributed by atoms with E-state index in [-0.39, 0.29) is 12.2 Å². The molecular weight excluding hydrogens is 452 g/mol. The van der Waals surface area contributed by atoms with Gasteiger partial charge < -0.3 is 5.32 Å². The summed E-state index contributed by atoms with van der Waals surface area (Å²) in [5.74, 6) is -0.544. The fourth-order valence-corrected chi connectivity index (χ4v) is 3.31. The monoisotopic (exact) mass is 463 g/mol. The van der Waals surface area contributed by atoms with Crippen molar-refractivity contribution < 1.29 is 9.18 Å². The van der Waals surface area contributed by atoms with Crippen molar-refractivity contribution in [1.82, 2.24) is 20.0 Å². The van der Waals surface area contributed by atoms with Gasteiger partial charge in [-0.25, -0.2) is 4.39 Å². The van der Waals surface area contributed by atoms with Crippen molar-refractivity contribution in [2.45, 2.75) is 6.54 Å². The normalized spacial score (nSPS) is 10.9. The lowest BCUT2D eigenvalue weighted by molar-refractivity contribution is 0.102. The molecule has 0 saturated carbocycles. The fraction of sp³-hybridized carbons (Fsp3) is 0.0500. The van der Waals surface area contributed by atoms with Gasteiger partial charge in [-0.05, 0) is 30.3 Å². The zero-order valence-electron chi connectivity index (χ0n) is 15.2. The van der Waals surface area contributed by atoms with Crippen LogP contribution in [-0.2, 0) is 6.54 Å². The van der Waals surface area contributed by atoms with Crippen LogP contribution in [0.15, 0.2) is 54.7 Å². The predicted molar refractivity (Wildman–Crippen MR) is 115 cm³/mol. The van der Waals surface area contributed by atoms with Gasteiger partial charge in [-0.3, -0.25) is 14.6 Å². The molecule has 4 aromatic rings. The van der Waals surface area contributed by atoms with Crippen LogP contribution in [0.2, 0.25) is 15.1 Å². The lowest BCUT2D eigenvalue weighted by Crippen LogP contribution is -2.13. The fourth-order valence-electron chi connectivity index (χ4n) is 2.79. The number of H-pyrrole nitrogens is 1. The van der Waals surface area contributed by atoms with Crippen LogP contribution in [0.4, 0.5) is 10.2 Å². The number of hydrogen-bond donors (Lipinski definition) is 2. The molecule has 0 aliphatic heterocycles. The number of carbonyl (C=O) groups excluding carboxylic acids is 1. The maximum Gasteiger partial charge on any atom is 0.274 e. The van der Waals surface area contributed by atoms with Crippen molar-refractivity contribution in [3.05, 3.63) is 86.9 Å². The molecule has 0 fully saturated rings. The molecule has 0 bridgehead atoms. The molecule has 2 aromatic heterocycles. The Balaban J connectivity index is 1.46. The van der Waals surface area contributed by atoms with Gasteiger partial charge in [0.1, 0.15) is 11.5 Å². The molecule has 2 heterocycles. The summed E-state index contributed by atoms with van der Waals surface area (Å²) in [4.78, 5) is 12.5. The minimum atomic E-state index is -0.428. The zero-order chi connectivity index (χ0) is 21.3. The SMILES string of the molecule is O=C(Nc1ccn(Cc2c(F)cccc2Cl)n1)c1cc(-c2ccc(Cl)c(Cl)c2)n[nH]1. The highest BCUT2D eigenvalue weighted by atomic mass is 35.5. The summed E-state index contributed by atoms with van der Waals surface area (Å²) >= 11 is 18.0. The number of aromatic amines is 1. The molecule has 0 saturated heterocycles. The molecule has 30 heavy (non-hydrogen) atoms. The third-order valence-electron chi connectivity index (χ3n) is 4.30. The lowest BCUT2D eigenvalue weighted by atomic mass is 10.1. The van der Waals surface area contributed by atoms with Crippen LogP contribution in [0, 0.1) is 5.82 Å². The van der Waals surface area contributed by atoms with Crippen LogP contribution >= 0.6 is 34.8 Å². The Labute approximate surface area is 185 Å². The van der Waals surface area contributed by atoms with Crippen LogP contribution in [0.25, 0.3) is 11.3 Å². The van der Waals surface area contributed by atoms with Crippen LogP contribution in [0.1, 0.15) is 16.1 Å². The predicted octanol–water partition coefficient (Wildman–Crippen LogP) is 5.67. The number of hydrogen-bond acceptors (Lipinski definition) is 3. The first-order valence-corrected chi connectivity index (χ1v) is 9.82. The summed E-state index contributed by atoms with van der Waals surface area (Å²) in [6.45, 7) is 0.132. The number of benzene rings is 2. The molecule has 0 radical (unpaired) electrons. The van der Waals surface area contributed by atoms with Crippen LogP contribution in [0.5, 0.6) is 0 Å². The second-order valence-electron chi connectivity index (χ2n) is 6.35. The third kappa shape index (κ3) is 4.33. The quantitative estimate of drug-likeness (QED) is 0.399. The Morgan fingerprint density at radius 2 is 1.90 bits per heavy atom. The topological polar surface area (TPSA) is 75.6 Å². The second-order valence-corrected chi connectivity index (χ2v) is 7.57. The minimum Gasteiger partial charge on any atom is -0.304 e. The Morgan fingerprint density at radius 3 is 2.67 bits per heavy atom. The van der Waals surface area contributed by atoms with E-state index in [1.165, 1.54) is 16.8 Å². The largest absolute Gasteiger partial charge is 0.304 e. The van der Waals surface area contributed by atoms with Gasteiger partial charge in [0.2, 0.25) is 0 Å². The van der Waals surface area contributed by atoms with Crippen molar-refractivity contribution in [2.24, 2.45) is 0 Å². The highest BCUT2D eigenvalue weighted by Gasteiger charge is 2.14. The van der Waals surface area contributed by atoms with Gasteiger partial charge in [0.25, 0.3) is 5.91 Å². The van der Waals surface area contributed by atoms with Gasteiger partial charge in [0, 0.05) is 28.4 Å². The summed E-state index contributed by atoms with van der Waals surface area (Å²) in [7, 11) is 0. The number of halogens is 4. The number of nitrogens with one attached hydrogen (secondary N) is 2. The lowest BCUT2D eigenvalue weighted by Gasteiger charge is -2.06. The van der Waals surface area contributed by atoms with E-state index in [0.29, 0.717) is 37.7 Å². The Morgan fingerprint density at radius 1 is 1.07 bits per heavy atom. The maximum atomic E-state index is 13.9. The molecule has 152 valence electrons. The first-order valence-electron chi connectivity index (χ1n) is 8.69. The molecule has 1 amide bonds. The average molecular weight is 465 g/mol. The highest BCUT2D eigenvalue weighted by molar-refractivity contribution is 6.42. The van der Waals surface area contributed by atoms with Crippen molar-refractivity contribution in [1.29, 1.82) is 0 Å². The molecule has 4 rings (SSSR count). The van der Waals surface area contributed by atoms with E-state index in [4.69, 9.17) is 34.8 Å². The molecule has 0 unspecified atom stereocenters. The standard InChI is InChI=1S/C20H13Cl3FN5O/c21-13-2-1-3-16(24)12(13)10-29-7-6-19(28-29)25-20(30)18-9-17(26-27-18)11-4-5-14(22)15(23)8-11/h1-9H,10H2,(H,26,27)(H,25,28,30). The zero-order valence-corrected chi connectivity index (χ0v) is 17.4. The molecular formula is C20H13Cl3FN5O. The van der Waals surface area contributed by atoms with Gasteiger partial charge in [0.05, 0.1) is 22.3 Å². The summed E-state index contributed by atoms with van der Waals surface area (Å²) < 4.78 is 15.4. The average Bonchev–Trinajstić information content (AvgIpc) is 3.37. The molecule has 2 aromatic carbocycles. The minimum absolute atomic E-state index is 0.132. The Hall–Kier alpha value is -2.87. The number of rotatable bonds is 5. The van der Waals surface area contributed by atoms with Crippen LogP contribution in [-0.4, -0.2) is 25.9 Å². The summed E-state index contributed by atoms with van der Waals surface area (Å²) in [5.41, 5.74) is 1.81. The van der Waals surface area contributed by atoms with Crippen LogP contribution in [0.3, 0.4) is 0 Å². The van der Waals surface area contributed by atoms with E-state index >= 15 is 0 Å². The molecule has 10 heteroatoms. The number of nitrogens with zero attached hydrogens (tertiary/aromatic N) is 3. The van der Waals surface area contributed by atoms with Gasteiger partial charge >= 0.3 is 0 Å². The maximum absolute atomic E-state index is 13.9. The van der Waals surface area contributed by atoms with Crippen LogP contribution < -0.4 is 5.32 Å². The molecule has 0 atom stereocenters. The van der Waals surface area contributed by atoms with E-state index < -0.39 is 11.7 Å². The van der Waals surface area contributed by atoms with Crippen molar-refractivity contribution in [3.63, 3.8) is 0 Å². The van der Waals surface area contributed by atoms with E-state index in [1.54, 1.807) is 42.6 Å². The second kappa shape index (κ2) is 8.47. The van der Waals surface area contributed by atoms with Crippen molar-refractivity contribution in [3.8, 4) is 11.3 Å². The van der Waals surface area contributed by atoms with Crippen molar-refractivity contribution in [2.75, 3.05) is 5.32 Å². The molecule has 0 aliphatic rings. The molecule has 0 spiro atoms. The van der Waals surface area contributed by atoms with Crippen molar-refractivity contribution >= 4 is 46.5 Å². The smallest absolute Gasteiger partial charge is 0.274 e. The van der Waals surface area contributed by atoms with Gasteiger partial charge in [0.15, 0.2) is 5.82 Å². The number of aromatic nitrogens is 4. The Kier molecular flexibility index (Phi) is 5.76. The molecule has 6 nitrogen and oxygen atoms in total. The number of anilines is 1. The molecule has 2 N–H and O–H groups in total. The third-order valence-corrected chi connectivity index (χ3v) is 5.40. The number of amides is 1. The van der Waals surface area contributed by atoms with Gasteiger partial charge in [-0.15, -0.1) is 0 Å². The summed E-state index contributed by atoms with van der Waals surface area (Å²) in [6.07, 6.45) is 1.62. The first kappa shape index (κ1) is 20.4. The van der Waals surface area contributed by atoms with E-state index in [0.717, 1.165) is 0 Å². The van der Waals surface area contributed by atoms with Gasteiger partial charge in [-0.2, -0.15) is 10.2 Å². The van der Waals surface area contributed by atoms with E-state index in [1.807, 2.05) is 0 Å². The Bertz CT molecular complexity index is 1220. The molecule has 0 aliphatic carbocycles. The number of carbonyl (C=O) groups is 1. The van der Waals surface area contributed by atoms with E-state index in [9.17, 15) is 9.18 Å². The highest BCUT2D eigenvalue weighted by Crippen LogP contribution is 2.28.